The molecular weight excluding hydrogens is 264 g/mol. The molecule has 0 saturated carbocycles. The summed E-state index contributed by atoms with van der Waals surface area (Å²) in [7, 11) is 2.05. The molecule has 18 heavy (non-hydrogen) atoms. The van der Waals surface area contributed by atoms with Crippen LogP contribution in [0.2, 0.25) is 0 Å². The van der Waals surface area contributed by atoms with Crippen LogP contribution in [0.1, 0.15) is 29.7 Å². The molecule has 1 aliphatic heterocycles. The van der Waals surface area contributed by atoms with Crippen LogP contribution in [0.15, 0.2) is 11.4 Å². The fourth-order valence-electron chi connectivity index (χ4n) is 2.55. The quantitative estimate of drug-likeness (QED) is 0.894. The number of aryl methyl sites for hydroxylation is 1. The van der Waals surface area contributed by atoms with Crippen molar-refractivity contribution < 1.29 is 0 Å². The zero-order valence-corrected chi connectivity index (χ0v) is 13.1. The smallest absolute Gasteiger partial charge is 0.0330 e. The van der Waals surface area contributed by atoms with E-state index >= 15 is 0 Å². The average molecular weight is 289 g/mol. The van der Waals surface area contributed by atoms with Crippen LogP contribution in [0, 0.1) is 12.8 Å². The minimum absolute atomic E-state index is 0. The molecule has 0 radical (unpaired) electrons. The largest absolute Gasteiger partial charge is 0.320 e. The summed E-state index contributed by atoms with van der Waals surface area (Å²) in [6, 6.07) is 2.24. The lowest BCUT2D eigenvalue weighted by Crippen LogP contribution is -2.33. The molecule has 1 fully saturated rings. The molecule has 2 heterocycles. The van der Waals surface area contributed by atoms with Crippen molar-refractivity contribution in [2.24, 2.45) is 5.92 Å². The van der Waals surface area contributed by atoms with Crippen LogP contribution in [0.3, 0.4) is 0 Å². The first-order valence-electron chi connectivity index (χ1n) is 6.69. The third-order valence-corrected chi connectivity index (χ3v) is 4.85. The minimum Gasteiger partial charge on any atom is -0.320 e. The van der Waals surface area contributed by atoms with Crippen LogP contribution in [0.4, 0.5) is 0 Å². The van der Waals surface area contributed by atoms with Gasteiger partial charge in [0.05, 0.1) is 0 Å². The van der Waals surface area contributed by atoms with Crippen molar-refractivity contribution in [1.82, 2.24) is 10.2 Å². The predicted octanol–water partition coefficient (Wildman–Crippen LogP) is 3.30. The summed E-state index contributed by atoms with van der Waals surface area (Å²) in [6.45, 7) is 7.14. The molecular formula is C14H25ClN2S. The predicted molar refractivity (Wildman–Crippen MR) is 82.8 cm³/mol. The zero-order chi connectivity index (χ0) is 12.1. The third kappa shape index (κ3) is 4.54. The van der Waals surface area contributed by atoms with Crippen LogP contribution in [-0.4, -0.2) is 31.6 Å². The normalized spacial score (nSPS) is 17.7. The standard InChI is InChI=1S/C14H24N2S.ClH/c1-12-6-10-17-14(12)11-16-8-4-13(5-9-16)3-7-15-2;/h6,10,13,15H,3-5,7-9,11H2,1-2H3;1H. The number of hydrogen-bond acceptors (Lipinski definition) is 3. The van der Waals surface area contributed by atoms with Crippen molar-refractivity contribution in [2.75, 3.05) is 26.7 Å². The van der Waals surface area contributed by atoms with E-state index in [-0.39, 0.29) is 12.4 Å². The molecule has 0 unspecified atom stereocenters. The van der Waals surface area contributed by atoms with Crippen molar-refractivity contribution >= 4 is 23.7 Å². The maximum atomic E-state index is 3.26. The van der Waals surface area contributed by atoms with Gasteiger partial charge in [-0.05, 0) is 75.8 Å². The number of piperidine rings is 1. The number of rotatable bonds is 5. The number of halogens is 1. The zero-order valence-electron chi connectivity index (χ0n) is 11.4. The van der Waals surface area contributed by atoms with E-state index in [4.69, 9.17) is 0 Å². The third-order valence-electron chi connectivity index (χ3n) is 3.85. The highest BCUT2D eigenvalue weighted by Crippen LogP contribution is 2.24. The molecule has 104 valence electrons. The Morgan fingerprint density at radius 3 is 2.67 bits per heavy atom. The van der Waals surface area contributed by atoms with E-state index in [9.17, 15) is 0 Å². The Morgan fingerprint density at radius 2 is 2.11 bits per heavy atom. The van der Waals surface area contributed by atoms with Gasteiger partial charge in [0.25, 0.3) is 0 Å². The molecule has 0 aliphatic carbocycles. The Bertz CT molecular complexity index is 332. The van der Waals surface area contributed by atoms with Crippen LogP contribution in [0.25, 0.3) is 0 Å². The van der Waals surface area contributed by atoms with Gasteiger partial charge in [0, 0.05) is 11.4 Å². The van der Waals surface area contributed by atoms with Gasteiger partial charge in [-0.25, -0.2) is 0 Å². The van der Waals surface area contributed by atoms with E-state index in [1.165, 1.54) is 51.0 Å². The number of thiophene rings is 1. The van der Waals surface area contributed by atoms with Gasteiger partial charge in [0.1, 0.15) is 0 Å². The van der Waals surface area contributed by atoms with Gasteiger partial charge in [0.2, 0.25) is 0 Å². The Hall–Kier alpha value is -0.0900. The Balaban J connectivity index is 0.00000162. The molecule has 1 aliphatic rings. The monoisotopic (exact) mass is 288 g/mol. The minimum atomic E-state index is 0. The molecule has 1 aromatic heterocycles. The fourth-order valence-corrected chi connectivity index (χ4v) is 3.50. The fraction of sp³-hybridized carbons (Fsp3) is 0.714. The molecule has 0 amide bonds. The van der Waals surface area contributed by atoms with Gasteiger partial charge < -0.3 is 5.32 Å². The van der Waals surface area contributed by atoms with Gasteiger partial charge in [-0.15, -0.1) is 23.7 Å². The van der Waals surface area contributed by atoms with Gasteiger partial charge in [-0.1, -0.05) is 0 Å². The molecule has 0 spiro atoms. The van der Waals surface area contributed by atoms with Gasteiger partial charge in [-0.2, -0.15) is 0 Å². The van der Waals surface area contributed by atoms with E-state index in [2.05, 4.69) is 35.6 Å². The summed E-state index contributed by atoms with van der Waals surface area (Å²) in [4.78, 5) is 4.17. The van der Waals surface area contributed by atoms with Crippen LogP contribution < -0.4 is 5.32 Å². The summed E-state index contributed by atoms with van der Waals surface area (Å²) in [5.74, 6) is 0.947. The van der Waals surface area contributed by atoms with Crippen molar-refractivity contribution in [1.29, 1.82) is 0 Å². The van der Waals surface area contributed by atoms with Crippen LogP contribution >= 0.6 is 23.7 Å². The molecule has 0 bridgehead atoms. The number of likely N-dealkylation sites (tertiary alicyclic amines) is 1. The summed E-state index contributed by atoms with van der Waals surface area (Å²) >= 11 is 1.91. The average Bonchev–Trinajstić information content (AvgIpc) is 2.74. The maximum absolute atomic E-state index is 3.26. The van der Waals surface area contributed by atoms with Crippen molar-refractivity contribution in [3.63, 3.8) is 0 Å². The summed E-state index contributed by atoms with van der Waals surface area (Å²) in [5, 5.41) is 5.47. The van der Waals surface area contributed by atoms with Gasteiger partial charge in [0.15, 0.2) is 0 Å². The maximum Gasteiger partial charge on any atom is 0.0330 e. The molecule has 1 N–H and O–H groups in total. The molecule has 0 atom stereocenters. The van der Waals surface area contributed by atoms with Crippen molar-refractivity contribution in [3.8, 4) is 0 Å². The van der Waals surface area contributed by atoms with Gasteiger partial charge >= 0.3 is 0 Å². The van der Waals surface area contributed by atoms with E-state index in [1.54, 1.807) is 4.88 Å². The van der Waals surface area contributed by atoms with Crippen LogP contribution in [-0.2, 0) is 6.54 Å². The van der Waals surface area contributed by atoms with E-state index in [1.807, 2.05) is 11.3 Å². The summed E-state index contributed by atoms with van der Waals surface area (Å²) < 4.78 is 0. The Kier molecular flexibility index (Phi) is 7.23. The molecule has 1 saturated heterocycles. The lowest BCUT2D eigenvalue weighted by atomic mass is 9.93. The SMILES string of the molecule is CNCCC1CCN(Cc2sccc2C)CC1.Cl. The number of nitrogens with zero attached hydrogens (tertiary/aromatic N) is 1. The van der Waals surface area contributed by atoms with E-state index in [0.29, 0.717) is 0 Å². The first-order valence-corrected chi connectivity index (χ1v) is 7.57. The van der Waals surface area contributed by atoms with E-state index < -0.39 is 0 Å². The lowest BCUT2D eigenvalue weighted by Gasteiger charge is -2.31. The Labute approximate surface area is 121 Å². The first kappa shape index (κ1) is 16.0. The molecule has 4 heteroatoms. The number of hydrogen-bond donors (Lipinski definition) is 1. The van der Waals surface area contributed by atoms with E-state index in [0.717, 1.165) is 5.92 Å². The second kappa shape index (κ2) is 8.16. The van der Waals surface area contributed by atoms with Crippen LogP contribution in [0.5, 0.6) is 0 Å². The topological polar surface area (TPSA) is 15.3 Å². The second-order valence-corrected chi connectivity index (χ2v) is 6.14. The highest BCUT2D eigenvalue weighted by atomic mass is 35.5. The summed E-state index contributed by atoms with van der Waals surface area (Å²) in [6.07, 6.45) is 4.11. The lowest BCUT2D eigenvalue weighted by molar-refractivity contribution is 0.173. The molecule has 2 rings (SSSR count). The highest BCUT2D eigenvalue weighted by Gasteiger charge is 2.19. The second-order valence-electron chi connectivity index (χ2n) is 5.14. The molecule has 1 aromatic rings. The molecule has 0 aromatic carbocycles. The highest BCUT2D eigenvalue weighted by molar-refractivity contribution is 7.10. The molecule has 2 nitrogen and oxygen atoms in total. The van der Waals surface area contributed by atoms with Crippen molar-refractivity contribution in [2.45, 2.75) is 32.7 Å². The first-order chi connectivity index (χ1) is 8.29. The number of nitrogens with one attached hydrogen (secondary N) is 1. The summed E-state index contributed by atoms with van der Waals surface area (Å²) in [5.41, 5.74) is 1.47. The Morgan fingerprint density at radius 1 is 1.39 bits per heavy atom. The van der Waals surface area contributed by atoms with Crippen molar-refractivity contribution in [3.05, 3.63) is 21.9 Å². The van der Waals surface area contributed by atoms with Gasteiger partial charge in [-0.3, -0.25) is 4.90 Å².